The number of nitrogens with two attached hydrogens (primary N) is 1. The molecule has 0 saturated heterocycles. The highest BCUT2D eigenvalue weighted by molar-refractivity contribution is 6.31. The van der Waals surface area contributed by atoms with E-state index in [1.54, 1.807) is 24.3 Å². The molecular weight excluding hydrogens is 426 g/mol. The quantitative estimate of drug-likeness (QED) is 0.321. The van der Waals surface area contributed by atoms with Gasteiger partial charge in [0.2, 0.25) is 5.91 Å². The second-order valence-corrected chi connectivity index (χ2v) is 8.08. The monoisotopic (exact) mass is 451 g/mol. The molecule has 32 heavy (non-hydrogen) atoms. The van der Waals surface area contributed by atoms with Gasteiger partial charge in [0.1, 0.15) is 6.29 Å². The molecule has 2 atom stereocenters. The molecule has 0 aliphatic heterocycles. The van der Waals surface area contributed by atoms with E-state index in [0.29, 0.717) is 45.8 Å². The van der Waals surface area contributed by atoms with Crippen molar-refractivity contribution in [2.45, 2.75) is 25.8 Å². The first-order valence-electron chi connectivity index (χ1n) is 10.1. The van der Waals surface area contributed by atoms with E-state index < -0.39 is 17.9 Å². The van der Waals surface area contributed by atoms with Crippen LogP contribution in [0.1, 0.15) is 41.3 Å². The fourth-order valence-electron chi connectivity index (χ4n) is 3.35. The van der Waals surface area contributed by atoms with Gasteiger partial charge >= 0.3 is 0 Å². The Morgan fingerprint density at radius 2 is 2.00 bits per heavy atom. The molecule has 0 radical (unpaired) electrons. The van der Waals surface area contributed by atoms with Crippen LogP contribution in [0, 0.1) is 22.7 Å². The average Bonchev–Trinajstić information content (AvgIpc) is 2.77. The fourth-order valence-corrected chi connectivity index (χ4v) is 3.59. The number of carbonyl (C=O) groups excluding carboxylic acids is 2. The summed E-state index contributed by atoms with van der Waals surface area (Å²) in [4.78, 5) is 25.3. The van der Waals surface area contributed by atoms with Crippen molar-refractivity contribution in [1.29, 1.82) is 10.7 Å². The molecule has 1 unspecified atom stereocenters. The molecule has 0 aliphatic rings. The maximum atomic E-state index is 13.6. The number of amides is 1. The van der Waals surface area contributed by atoms with Crippen molar-refractivity contribution in [3.05, 3.63) is 76.0 Å². The van der Waals surface area contributed by atoms with Gasteiger partial charge in [-0.25, -0.2) is 0 Å². The maximum absolute atomic E-state index is 13.6. The minimum atomic E-state index is -0.893. The Balaban J connectivity index is 2.59. The van der Waals surface area contributed by atoms with Gasteiger partial charge in [0, 0.05) is 34.3 Å². The largest absolute Gasteiger partial charge is 0.404 e. The SMILES string of the molecule is CC(C)CNC(/C(C=N)=C/N)[C@H](C(=O)Nc1cc(Cl)cc(C#N)c1)c1ccccc1C=O. The van der Waals surface area contributed by atoms with Crippen molar-refractivity contribution in [1.82, 2.24) is 5.32 Å². The van der Waals surface area contributed by atoms with Crippen molar-refractivity contribution in [2.75, 3.05) is 11.9 Å². The van der Waals surface area contributed by atoms with Crippen molar-refractivity contribution in [3.8, 4) is 6.07 Å². The molecule has 2 aromatic rings. The van der Waals surface area contributed by atoms with Gasteiger partial charge in [0.05, 0.1) is 23.6 Å². The van der Waals surface area contributed by atoms with Gasteiger partial charge in [-0.05, 0) is 36.2 Å². The second kappa shape index (κ2) is 11.8. The smallest absolute Gasteiger partial charge is 0.233 e. The third-order valence-corrected chi connectivity index (χ3v) is 5.05. The first kappa shape index (κ1) is 24.8. The number of carbonyl (C=O) groups is 2. The number of nitriles is 1. The number of benzene rings is 2. The zero-order valence-electron chi connectivity index (χ0n) is 17.9. The Kier molecular flexibility index (Phi) is 9.14. The number of halogens is 1. The van der Waals surface area contributed by atoms with Crippen molar-refractivity contribution >= 4 is 35.7 Å². The van der Waals surface area contributed by atoms with E-state index in [2.05, 4.69) is 10.6 Å². The summed E-state index contributed by atoms with van der Waals surface area (Å²) in [6.45, 7) is 4.59. The minimum Gasteiger partial charge on any atom is -0.404 e. The van der Waals surface area contributed by atoms with Gasteiger partial charge < -0.3 is 21.8 Å². The number of hydrogen-bond acceptors (Lipinski definition) is 6. The molecule has 5 N–H and O–H groups in total. The predicted octanol–water partition coefficient (Wildman–Crippen LogP) is 3.85. The summed E-state index contributed by atoms with van der Waals surface area (Å²) in [6.07, 6.45) is 3.06. The molecule has 0 spiro atoms. The molecule has 8 heteroatoms. The van der Waals surface area contributed by atoms with Gasteiger partial charge in [0.15, 0.2) is 0 Å². The van der Waals surface area contributed by atoms with Crippen LogP contribution in [0.2, 0.25) is 5.02 Å². The summed E-state index contributed by atoms with van der Waals surface area (Å²) in [5, 5.41) is 23.4. The standard InChI is InChI=1S/C24H26ClN5O2/c1-15(2)13-29-23(18(11-27)12-28)22(21-6-4-3-5-17(21)14-31)24(32)30-20-8-16(10-26)7-19(25)9-20/h3-9,11-12,14-15,22-23,27,29H,13,28H2,1-2H3,(H,30,32)/b18-12+,27-11?/t22-,23?/m1/s1. The van der Waals surface area contributed by atoms with E-state index in [1.165, 1.54) is 24.4 Å². The Bertz CT molecular complexity index is 1060. The first-order chi connectivity index (χ1) is 15.3. The van der Waals surface area contributed by atoms with Gasteiger partial charge in [-0.3, -0.25) is 9.59 Å². The van der Waals surface area contributed by atoms with E-state index in [1.807, 2.05) is 19.9 Å². The lowest BCUT2D eigenvalue weighted by atomic mass is 9.83. The molecule has 0 aromatic heterocycles. The van der Waals surface area contributed by atoms with Crippen LogP contribution in [-0.4, -0.2) is 31.0 Å². The van der Waals surface area contributed by atoms with Crippen LogP contribution < -0.4 is 16.4 Å². The highest BCUT2D eigenvalue weighted by atomic mass is 35.5. The van der Waals surface area contributed by atoms with Crippen LogP contribution in [0.5, 0.6) is 0 Å². The van der Waals surface area contributed by atoms with Crippen LogP contribution in [0.25, 0.3) is 0 Å². The summed E-state index contributed by atoms with van der Waals surface area (Å²) < 4.78 is 0. The molecular formula is C24H26ClN5O2. The Hall–Kier alpha value is -3.47. The minimum absolute atomic E-state index is 0.262. The first-order valence-corrected chi connectivity index (χ1v) is 10.4. The number of nitrogens with zero attached hydrogens (tertiary/aromatic N) is 1. The topological polar surface area (TPSA) is 132 Å². The van der Waals surface area contributed by atoms with E-state index in [9.17, 15) is 14.9 Å². The summed E-state index contributed by atoms with van der Waals surface area (Å²) in [5.74, 6) is -1.07. The van der Waals surface area contributed by atoms with Gasteiger partial charge in [-0.15, -0.1) is 0 Å². The molecule has 0 bridgehead atoms. The summed E-state index contributed by atoms with van der Waals surface area (Å²) in [5.41, 5.74) is 7.67. The number of aldehydes is 1. The molecule has 1 amide bonds. The molecule has 7 nitrogen and oxygen atoms in total. The highest BCUT2D eigenvalue weighted by Crippen LogP contribution is 2.29. The average molecular weight is 452 g/mol. The van der Waals surface area contributed by atoms with Crippen molar-refractivity contribution < 1.29 is 9.59 Å². The van der Waals surface area contributed by atoms with Crippen LogP contribution >= 0.6 is 11.6 Å². The molecule has 0 fully saturated rings. The van der Waals surface area contributed by atoms with Gasteiger partial charge in [-0.2, -0.15) is 5.26 Å². The molecule has 2 aromatic carbocycles. The normalized spacial score (nSPS) is 13.2. The summed E-state index contributed by atoms with van der Waals surface area (Å²) >= 11 is 6.08. The molecule has 166 valence electrons. The van der Waals surface area contributed by atoms with Crippen LogP contribution in [0.4, 0.5) is 5.69 Å². The van der Waals surface area contributed by atoms with E-state index in [-0.39, 0.29) is 5.92 Å². The molecule has 0 saturated carbocycles. The van der Waals surface area contributed by atoms with E-state index >= 15 is 0 Å². The molecule has 0 aliphatic carbocycles. The fraction of sp³-hybridized carbons (Fsp3) is 0.250. The summed E-state index contributed by atoms with van der Waals surface area (Å²) in [6, 6.07) is 12.7. The lowest BCUT2D eigenvalue weighted by Crippen LogP contribution is -2.44. The third-order valence-electron chi connectivity index (χ3n) is 4.83. The number of rotatable bonds is 10. The number of hydrogen-bond donors (Lipinski definition) is 4. The van der Waals surface area contributed by atoms with Crippen LogP contribution in [0.15, 0.2) is 54.2 Å². The second-order valence-electron chi connectivity index (χ2n) is 7.64. The Morgan fingerprint density at radius 3 is 2.59 bits per heavy atom. The predicted molar refractivity (Wildman–Crippen MR) is 127 cm³/mol. The molecule has 0 heterocycles. The van der Waals surface area contributed by atoms with Gasteiger partial charge in [0.25, 0.3) is 0 Å². The number of nitrogens with one attached hydrogen (secondary N) is 3. The Morgan fingerprint density at radius 1 is 1.28 bits per heavy atom. The maximum Gasteiger partial charge on any atom is 0.233 e. The Labute approximate surface area is 192 Å². The summed E-state index contributed by atoms with van der Waals surface area (Å²) in [7, 11) is 0. The van der Waals surface area contributed by atoms with Crippen LogP contribution in [0.3, 0.4) is 0 Å². The van der Waals surface area contributed by atoms with E-state index in [4.69, 9.17) is 22.7 Å². The van der Waals surface area contributed by atoms with E-state index in [0.717, 1.165) is 6.21 Å². The lowest BCUT2D eigenvalue weighted by Gasteiger charge is -2.30. The lowest BCUT2D eigenvalue weighted by molar-refractivity contribution is -0.118. The zero-order chi connectivity index (χ0) is 23.7. The highest BCUT2D eigenvalue weighted by Gasteiger charge is 2.33. The van der Waals surface area contributed by atoms with Crippen LogP contribution in [-0.2, 0) is 4.79 Å². The molecule has 2 rings (SSSR count). The number of anilines is 1. The van der Waals surface area contributed by atoms with Crippen molar-refractivity contribution in [2.24, 2.45) is 11.7 Å². The third kappa shape index (κ3) is 6.27. The van der Waals surface area contributed by atoms with Crippen molar-refractivity contribution in [3.63, 3.8) is 0 Å². The zero-order valence-corrected chi connectivity index (χ0v) is 18.7. The van der Waals surface area contributed by atoms with Gasteiger partial charge in [-0.1, -0.05) is 49.7 Å².